The molecule has 0 aliphatic heterocycles. The lowest BCUT2D eigenvalue weighted by atomic mass is 9.77. The molecule has 0 heterocycles. The first kappa shape index (κ1) is 18.0. The van der Waals surface area contributed by atoms with Gasteiger partial charge in [0.25, 0.3) is 0 Å². The molecular weight excluding hydrogens is 302 g/mol. The van der Waals surface area contributed by atoms with Gasteiger partial charge in [-0.25, -0.2) is 0 Å². The Morgan fingerprint density at radius 3 is 2.00 bits per heavy atom. The lowest BCUT2D eigenvalue weighted by Crippen LogP contribution is -2.13. The van der Waals surface area contributed by atoms with E-state index in [0.717, 1.165) is 17.5 Å². The molecule has 134 valence electrons. The maximum Gasteiger partial charge on any atom is 0.0314 e. The zero-order valence-corrected chi connectivity index (χ0v) is 15.9. The molecule has 0 saturated heterocycles. The second-order valence-electron chi connectivity index (χ2n) is 7.91. The summed E-state index contributed by atoms with van der Waals surface area (Å²) in [5, 5.41) is 0. The maximum atomic E-state index is 5.80. The van der Waals surface area contributed by atoms with Gasteiger partial charge in [-0.05, 0) is 66.3 Å². The van der Waals surface area contributed by atoms with Crippen LogP contribution in [-0.4, -0.2) is 0 Å². The summed E-state index contributed by atoms with van der Waals surface area (Å²) in [5.41, 5.74) is 10.9. The van der Waals surface area contributed by atoms with E-state index in [-0.39, 0.29) is 0 Å². The zero-order valence-electron chi connectivity index (χ0n) is 15.9. The first-order valence-corrected chi connectivity index (χ1v) is 10.1. The van der Waals surface area contributed by atoms with Crippen LogP contribution in [0.5, 0.6) is 0 Å². The second-order valence-corrected chi connectivity index (χ2v) is 7.91. The smallest absolute Gasteiger partial charge is 0.0314 e. The van der Waals surface area contributed by atoms with Gasteiger partial charge in [-0.1, -0.05) is 69.5 Å². The van der Waals surface area contributed by atoms with Crippen molar-refractivity contribution in [1.82, 2.24) is 0 Å². The van der Waals surface area contributed by atoms with Gasteiger partial charge in [0.2, 0.25) is 0 Å². The van der Waals surface area contributed by atoms with E-state index in [0.29, 0.717) is 5.92 Å². The second kappa shape index (κ2) is 8.56. The third-order valence-corrected chi connectivity index (χ3v) is 6.16. The molecule has 2 N–H and O–H groups in total. The number of unbranched alkanes of at least 4 members (excludes halogenated alkanes) is 1. The van der Waals surface area contributed by atoms with Crippen LogP contribution in [0.1, 0.15) is 87.3 Å². The van der Waals surface area contributed by atoms with Crippen molar-refractivity contribution in [3.8, 4) is 0 Å². The minimum Gasteiger partial charge on any atom is -0.399 e. The Morgan fingerprint density at radius 2 is 1.44 bits per heavy atom. The first-order chi connectivity index (χ1) is 12.2. The molecule has 0 radical (unpaired) electrons. The van der Waals surface area contributed by atoms with Crippen molar-refractivity contribution in [1.29, 1.82) is 0 Å². The molecule has 2 aromatic carbocycles. The maximum absolute atomic E-state index is 5.80. The molecule has 0 bridgehead atoms. The summed E-state index contributed by atoms with van der Waals surface area (Å²) >= 11 is 0. The van der Waals surface area contributed by atoms with Crippen LogP contribution >= 0.6 is 0 Å². The molecule has 1 aliphatic carbocycles. The van der Waals surface area contributed by atoms with Gasteiger partial charge in [0, 0.05) is 11.6 Å². The van der Waals surface area contributed by atoms with Crippen LogP contribution in [-0.2, 0) is 0 Å². The molecule has 25 heavy (non-hydrogen) atoms. The normalized spacial score (nSPS) is 21.8. The van der Waals surface area contributed by atoms with E-state index in [1.54, 1.807) is 5.56 Å². The van der Waals surface area contributed by atoms with Crippen LogP contribution in [0, 0.1) is 5.92 Å². The molecule has 0 spiro atoms. The third-order valence-electron chi connectivity index (χ3n) is 6.16. The highest BCUT2D eigenvalue weighted by Gasteiger charge is 2.22. The number of anilines is 1. The summed E-state index contributed by atoms with van der Waals surface area (Å²) in [6, 6.07) is 17.7. The minimum atomic E-state index is 0.416. The van der Waals surface area contributed by atoms with Crippen molar-refractivity contribution in [2.24, 2.45) is 5.92 Å². The van der Waals surface area contributed by atoms with Crippen molar-refractivity contribution >= 4 is 5.69 Å². The van der Waals surface area contributed by atoms with E-state index < -0.39 is 0 Å². The van der Waals surface area contributed by atoms with Crippen LogP contribution in [0.3, 0.4) is 0 Å². The van der Waals surface area contributed by atoms with E-state index in [1.807, 2.05) is 12.1 Å². The monoisotopic (exact) mass is 335 g/mol. The van der Waals surface area contributed by atoms with Crippen molar-refractivity contribution in [2.75, 3.05) is 5.73 Å². The summed E-state index contributed by atoms with van der Waals surface area (Å²) in [5.74, 6) is 2.18. The summed E-state index contributed by atoms with van der Waals surface area (Å²) in [4.78, 5) is 0. The number of hydrogen-bond donors (Lipinski definition) is 1. The summed E-state index contributed by atoms with van der Waals surface area (Å²) in [6.45, 7) is 4.58. The largest absolute Gasteiger partial charge is 0.399 e. The molecule has 0 amide bonds. The van der Waals surface area contributed by atoms with Crippen LogP contribution in [0.15, 0.2) is 48.5 Å². The van der Waals surface area contributed by atoms with E-state index in [4.69, 9.17) is 5.73 Å². The molecule has 1 fully saturated rings. The van der Waals surface area contributed by atoms with E-state index in [1.165, 1.54) is 56.1 Å². The summed E-state index contributed by atoms with van der Waals surface area (Å²) < 4.78 is 0. The van der Waals surface area contributed by atoms with Gasteiger partial charge in [-0.3, -0.25) is 0 Å². The quantitative estimate of drug-likeness (QED) is 0.572. The highest BCUT2D eigenvalue weighted by Crippen LogP contribution is 2.38. The van der Waals surface area contributed by atoms with Crippen molar-refractivity contribution in [3.63, 3.8) is 0 Å². The predicted octanol–water partition coefficient (Wildman–Crippen LogP) is 6.88. The molecule has 3 rings (SSSR count). The van der Waals surface area contributed by atoms with Gasteiger partial charge in [-0.15, -0.1) is 0 Å². The van der Waals surface area contributed by atoms with E-state index >= 15 is 0 Å². The Labute approximate surface area is 153 Å². The van der Waals surface area contributed by atoms with Crippen molar-refractivity contribution in [2.45, 2.75) is 70.6 Å². The Hall–Kier alpha value is -1.76. The van der Waals surface area contributed by atoms with Crippen LogP contribution < -0.4 is 5.73 Å². The van der Waals surface area contributed by atoms with Crippen LogP contribution in [0.2, 0.25) is 0 Å². The molecule has 1 unspecified atom stereocenters. The third kappa shape index (κ3) is 4.66. The average Bonchev–Trinajstić information content (AvgIpc) is 2.67. The first-order valence-electron chi connectivity index (χ1n) is 10.1. The molecule has 2 aromatic rings. The van der Waals surface area contributed by atoms with Gasteiger partial charge < -0.3 is 5.73 Å². The Bertz CT molecular complexity index is 633. The highest BCUT2D eigenvalue weighted by molar-refractivity contribution is 5.42. The lowest BCUT2D eigenvalue weighted by Gasteiger charge is -2.29. The molecule has 1 atom stereocenters. The lowest BCUT2D eigenvalue weighted by molar-refractivity contribution is 0.304. The van der Waals surface area contributed by atoms with Crippen LogP contribution in [0.25, 0.3) is 0 Å². The van der Waals surface area contributed by atoms with Gasteiger partial charge in [0.05, 0.1) is 0 Å². The molecular formula is C24H33N. The standard InChI is InChI=1S/C24H33N/c1-3-4-5-19-6-8-22(9-7-19)23-12-10-20(11-13-23)18(2)21-14-16-24(25)17-15-21/h10-19,22H,3-9,25H2,1-2H3. The number of hydrogen-bond acceptors (Lipinski definition) is 1. The fourth-order valence-electron chi connectivity index (χ4n) is 4.31. The topological polar surface area (TPSA) is 26.0 Å². The van der Waals surface area contributed by atoms with Crippen molar-refractivity contribution < 1.29 is 0 Å². The highest BCUT2D eigenvalue weighted by atomic mass is 14.5. The fraction of sp³-hybridized carbons (Fsp3) is 0.500. The van der Waals surface area contributed by atoms with E-state index in [2.05, 4.69) is 50.2 Å². The fourth-order valence-corrected chi connectivity index (χ4v) is 4.31. The number of nitrogens with two attached hydrogens (primary N) is 1. The number of rotatable bonds is 6. The molecule has 1 nitrogen and oxygen atoms in total. The Morgan fingerprint density at radius 1 is 0.880 bits per heavy atom. The molecule has 1 saturated carbocycles. The summed E-state index contributed by atoms with van der Waals surface area (Å²) in [7, 11) is 0. The van der Waals surface area contributed by atoms with E-state index in [9.17, 15) is 0 Å². The van der Waals surface area contributed by atoms with Gasteiger partial charge in [0.15, 0.2) is 0 Å². The van der Waals surface area contributed by atoms with Gasteiger partial charge in [-0.2, -0.15) is 0 Å². The minimum absolute atomic E-state index is 0.416. The predicted molar refractivity (Wildman–Crippen MR) is 109 cm³/mol. The molecule has 1 aliphatic rings. The SMILES string of the molecule is CCCCC1CCC(c2ccc(C(C)c3ccc(N)cc3)cc2)CC1. The van der Waals surface area contributed by atoms with Gasteiger partial charge >= 0.3 is 0 Å². The van der Waals surface area contributed by atoms with Crippen molar-refractivity contribution in [3.05, 3.63) is 65.2 Å². The average molecular weight is 336 g/mol. The number of nitrogen functional groups attached to an aromatic ring is 1. The Kier molecular flexibility index (Phi) is 6.18. The summed E-state index contributed by atoms with van der Waals surface area (Å²) in [6.07, 6.45) is 9.80. The van der Waals surface area contributed by atoms with Gasteiger partial charge in [0.1, 0.15) is 0 Å². The molecule has 1 heteroatoms. The zero-order chi connectivity index (χ0) is 17.6. The molecule has 0 aromatic heterocycles. The van der Waals surface area contributed by atoms with Crippen LogP contribution in [0.4, 0.5) is 5.69 Å². The number of benzene rings is 2. The Balaban J connectivity index is 1.60.